The molecule has 1 atom stereocenters. The molecule has 0 radical (unpaired) electrons. The normalized spacial score (nSPS) is 13.8. The number of hydrogen-bond donors (Lipinski definition) is 2. The molecular formula is C9H20N2O3. The van der Waals surface area contributed by atoms with Crippen molar-refractivity contribution in [1.82, 2.24) is 0 Å². The van der Waals surface area contributed by atoms with E-state index in [9.17, 15) is 4.79 Å². The van der Waals surface area contributed by atoms with Crippen molar-refractivity contribution in [2.75, 3.05) is 13.2 Å². The summed E-state index contributed by atoms with van der Waals surface area (Å²) in [5.41, 5.74) is 5.18. The Labute approximate surface area is 84.7 Å². The number of ether oxygens (including phenoxy) is 1. The molecule has 0 saturated carbocycles. The largest absolute Gasteiger partial charge is 0.376 e. The summed E-state index contributed by atoms with van der Waals surface area (Å²) in [6.07, 6.45) is -0.0675. The fourth-order valence-corrected chi connectivity index (χ4v) is 1.02. The molecule has 0 aliphatic carbocycles. The molecule has 5 nitrogen and oxygen atoms in total. The van der Waals surface area contributed by atoms with Gasteiger partial charge in [0.05, 0.1) is 19.1 Å². The second-order valence-corrected chi connectivity index (χ2v) is 4.21. The van der Waals surface area contributed by atoms with Gasteiger partial charge in [-0.2, -0.15) is 5.90 Å². The van der Waals surface area contributed by atoms with Crippen molar-refractivity contribution in [3.05, 3.63) is 0 Å². The van der Waals surface area contributed by atoms with Crippen LogP contribution in [0.15, 0.2) is 0 Å². The van der Waals surface area contributed by atoms with E-state index in [4.69, 9.17) is 16.4 Å². The van der Waals surface area contributed by atoms with Crippen molar-refractivity contribution in [3.63, 3.8) is 0 Å². The van der Waals surface area contributed by atoms with E-state index >= 15 is 0 Å². The number of rotatable bonds is 5. The van der Waals surface area contributed by atoms with Gasteiger partial charge in [-0.25, -0.2) is 0 Å². The molecule has 0 amide bonds. The topological polar surface area (TPSA) is 87.6 Å². The zero-order valence-electron chi connectivity index (χ0n) is 9.08. The lowest BCUT2D eigenvalue weighted by molar-refractivity contribution is -0.150. The van der Waals surface area contributed by atoms with E-state index in [1.165, 1.54) is 0 Å². The monoisotopic (exact) mass is 204 g/mol. The van der Waals surface area contributed by atoms with Gasteiger partial charge in [-0.1, -0.05) is 20.8 Å². The zero-order chi connectivity index (χ0) is 11.2. The predicted molar refractivity (Wildman–Crippen MR) is 53.1 cm³/mol. The van der Waals surface area contributed by atoms with E-state index in [0.29, 0.717) is 13.2 Å². The van der Waals surface area contributed by atoms with Gasteiger partial charge >= 0.3 is 5.97 Å². The molecule has 0 aromatic carbocycles. The molecule has 0 heterocycles. The van der Waals surface area contributed by atoms with Crippen LogP contribution in [0.4, 0.5) is 0 Å². The summed E-state index contributed by atoms with van der Waals surface area (Å²) in [6, 6.07) is 0. The molecule has 0 aromatic rings. The third kappa shape index (κ3) is 5.16. The Morgan fingerprint density at radius 1 is 1.43 bits per heavy atom. The number of carbonyl (C=O) groups excluding carboxylic acids is 1. The molecule has 0 saturated heterocycles. The third-order valence-corrected chi connectivity index (χ3v) is 1.89. The second kappa shape index (κ2) is 5.95. The van der Waals surface area contributed by atoms with E-state index in [0.717, 1.165) is 0 Å². The van der Waals surface area contributed by atoms with Crippen LogP contribution in [0, 0.1) is 5.41 Å². The summed E-state index contributed by atoms with van der Waals surface area (Å²) >= 11 is 0. The first kappa shape index (κ1) is 13.4. The Morgan fingerprint density at radius 3 is 2.36 bits per heavy atom. The maximum Gasteiger partial charge on any atom is 0.327 e. The highest BCUT2D eigenvalue weighted by atomic mass is 16.7. The van der Waals surface area contributed by atoms with Crippen LogP contribution in [-0.4, -0.2) is 25.2 Å². The third-order valence-electron chi connectivity index (χ3n) is 1.89. The van der Waals surface area contributed by atoms with E-state index in [1.807, 2.05) is 20.8 Å². The maximum atomic E-state index is 11.0. The van der Waals surface area contributed by atoms with Crippen LogP contribution < -0.4 is 11.6 Å². The van der Waals surface area contributed by atoms with Crippen LogP contribution in [0.3, 0.4) is 0 Å². The molecule has 5 heteroatoms. The highest BCUT2D eigenvalue weighted by Crippen LogP contribution is 2.24. The summed E-state index contributed by atoms with van der Waals surface area (Å²) < 4.78 is 5.45. The Morgan fingerprint density at radius 2 is 2.00 bits per heavy atom. The van der Waals surface area contributed by atoms with Crippen molar-refractivity contribution in [2.45, 2.75) is 33.3 Å². The molecule has 0 fully saturated rings. The number of carbonyl (C=O) groups is 1. The highest BCUT2D eigenvalue weighted by molar-refractivity contribution is 5.69. The van der Waals surface area contributed by atoms with Crippen molar-refractivity contribution < 1.29 is 14.4 Å². The summed E-state index contributed by atoms with van der Waals surface area (Å²) in [4.78, 5) is 15.1. The van der Waals surface area contributed by atoms with Crippen LogP contribution in [0.2, 0.25) is 0 Å². The van der Waals surface area contributed by atoms with Crippen molar-refractivity contribution >= 4 is 5.97 Å². The maximum absolute atomic E-state index is 11.0. The molecule has 0 rings (SSSR count). The van der Waals surface area contributed by atoms with Crippen LogP contribution in [0.25, 0.3) is 0 Å². The predicted octanol–water partition coefficient (Wildman–Crippen LogP) is 0.183. The molecule has 84 valence electrons. The van der Waals surface area contributed by atoms with E-state index < -0.39 is 5.97 Å². The first-order valence-corrected chi connectivity index (χ1v) is 4.63. The average molecular weight is 204 g/mol. The molecule has 1 unspecified atom stereocenters. The molecule has 0 aromatic heterocycles. The lowest BCUT2D eigenvalue weighted by atomic mass is 9.87. The van der Waals surface area contributed by atoms with Gasteiger partial charge in [0.1, 0.15) is 0 Å². The lowest BCUT2D eigenvalue weighted by Crippen LogP contribution is -2.34. The molecule has 0 aliphatic rings. The Kier molecular flexibility index (Phi) is 5.68. The van der Waals surface area contributed by atoms with Gasteiger partial charge in [-0.3, -0.25) is 4.79 Å². The lowest BCUT2D eigenvalue weighted by Gasteiger charge is -2.29. The van der Waals surface area contributed by atoms with Gasteiger partial charge in [0.15, 0.2) is 0 Å². The summed E-state index contributed by atoms with van der Waals surface area (Å²) in [6.45, 7) is 6.82. The SMILES string of the molecule is CC(C)(C)C(CC(=O)ON)OCCN. The van der Waals surface area contributed by atoms with Gasteiger partial charge < -0.3 is 15.3 Å². The molecular weight excluding hydrogens is 184 g/mol. The van der Waals surface area contributed by atoms with E-state index in [1.54, 1.807) is 0 Å². The molecule has 0 spiro atoms. The molecule has 4 N–H and O–H groups in total. The van der Waals surface area contributed by atoms with Crippen LogP contribution in [0.1, 0.15) is 27.2 Å². The average Bonchev–Trinajstić information content (AvgIpc) is 2.09. The fraction of sp³-hybridized carbons (Fsp3) is 0.889. The van der Waals surface area contributed by atoms with Gasteiger partial charge in [0.2, 0.25) is 0 Å². The zero-order valence-corrected chi connectivity index (χ0v) is 9.08. The highest BCUT2D eigenvalue weighted by Gasteiger charge is 2.28. The van der Waals surface area contributed by atoms with Crippen LogP contribution in [0.5, 0.6) is 0 Å². The van der Waals surface area contributed by atoms with Gasteiger partial charge in [0.25, 0.3) is 0 Å². The first-order chi connectivity index (χ1) is 6.41. The van der Waals surface area contributed by atoms with Gasteiger partial charge in [-0.05, 0) is 5.41 Å². The molecule has 14 heavy (non-hydrogen) atoms. The van der Waals surface area contributed by atoms with Gasteiger partial charge in [-0.15, -0.1) is 0 Å². The standard InChI is InChI=1S/C9H20N2O3/c1-9(2,3)7(13-5-4-10)6-8(12)14-11/h7H,4-6,10-11H2,1-3H3. The summed E-state index contributed by atoms with van der Waals surface area (Å²) in [7, 11) is 0. The minimum atomic E-state index is -0.470. The Balaban J connectivity index is 4.18. The minimum Gasteiger partial charge on any atom is -0.376 e. The number of nitrogens with two attached hydrogens (primary N) is 2. The fourth-order valence-electron chi connectivity index (χ4n) is 1.02. The minimum absolute atomic E-state index is 0.136. The Bertz CT molecular complexity index is 177. The molecule has 0 aliphatic heterocycles. The van der Waals surface area contributed by atoms with E-state index in [2.05, 4.69) is 4.84 Å². The van der Waals surface area contributed by atoms with E-state index in [-0.39, 0.29) is 17.9 Å². The first-order valence-electron chi connectivity index (χ1n) is 4.63. The van der Waals surface area contributed by atoms with Crippen LogP contribution >= 0.6 is 0 Å². The Hall–Kier alpha value is -0.650. The second-order valence-electron chi connectivity index (χ2n) is 4.21. The van der Waals surface area contributed by atoms with Crippen molar-refractivity contribution in [2.24, 2.45) is 17.0 Å². The summed E-state index contributed by atoms with van der Waals surface area (Å²) in [5.74, 6) is 4.29. The van der Waals surface area contributed by atoms with Gasteiger partial charge in [0, 0.05) is 6.54 Å². The number of hydrogen-bond acceptors (Lipinski definition) is 5. The van der Waals surface area contributed by atoms with Crippen LogP contribution in [-0.2, 0) is 14.4 Å². The molecule has 0 bridgehead atoms. The summed E-state index contributed by atoms with van der Waals surface area (Å²) in [5, 5.41) is 0. The quantitative estimate of drug-likeness (QED) is 0.624. The van der Waals surface area contributed by atoms with Crippen molar-refractivity contribution in [3.8, 4) is 0 Å². The van der Waals surface area contributed by atoms with Crippen molar-refractivity contribution in [1.29, 1.82) is 0 Å². The smallest absolute Gasteiger partial charge is 0.327 e.